The molecule has 1 N–H and O–H groups in total. The monoisotopic (exact) mass is 329 g/mol. The first kappa shape index (κ1) is 17.5. The van der Waals surface area contributed by atoms with Crippen LogP contribution in [0, 0.1) is 6.92 Å². The zero-order valence-electron chi connectivity index (χ0n) is 14.3. The number of carbonyl (C=O) groups is 1. The lowest BCUT2D eigenvalue weighted by Crippen LogP contribution is -2.40. The van der Waals surface area contributed by atoms with Gasteiger partial charge in [-0.25, -0.2) is 9.97 Å². The topological polar surface area (TPSA) is 54.9 Å². The van der Waals surface area contributed by atoms with Gasteiger partial charge in [-0.1, -0.05) is 13.0 Å². The first-order chi connectivity index (χ1) is 10.7. The molecule has 1 amide bonds. The molecule has 0 fully saturated rings. The summed E-state index contributed by atoms with van der Waals surface area (Å²) in [5.74, 6) is 0.519. The number of nitrogens with zero attached hydrogens (tertiary/aromatic N) is 2. The van der Waals surface area contributed by atoms with E-state index in [2.05, 4.69) is 34.8 Å². The molecule has 0 spiro atoms. The Morgan fingerprint density at radius 1 is 1.30 bits per heavy atom. The van der Waals surface area contributed by atoms with Crippen LogP contribution in [-0.4, -0.2) is 21.4 Å². The van der Waals surface area contributed by atoms with Crippen molar-refractivity contribution < 1.29 is 4.79 Å². The third-order valence-electron chi connectivity index (χ3n) is 3.45. The van der Waals surface area contributed by atoms with E-state index in [0.717, 1.165) is 23.2 Å². The Labute approximate surface area is 143 Å². The smallest absolute Gasteiger partial charge is 0.252 e. The molecule has 0 saturated heterocycles. The third-order valence-corrected chi connectivity index (χ3v) is 3.82. The van der Waals surface area contributed by atoms with Gasteiger partial charge in [0.2, 0.25) is 0 Å². The number of benzene rings is 1. The van der Waals surface area contributed by atoms with Crippen LogP contribution in [-0.2, 0) is 6.42 Å². The van der Waals surface area contributed by atoms with E-state index in [9.17, 15) is 4.79 Å². The van der Waals surface area contributed by atoms with E-state index in [1.165, 1.54) is 0 Å². The normalized spacial score (nSPS) is 11.4. The second kappa shape index (κ2) is 6.71. The molecule has 1 aromatic heterocycles. The quantitative estimate of drug-likeness (QED) is 0.842. The minimum absolute atomic E-state index is 0.132. The van der Waals surface area contributed by atoms with Crippen molar-refractivity contribution in [2.75, 3.05) is 0 Å². The van der Waals surface area contributed by atoms with E-state index in [1.54, 1.807) is 6.07 Å². The van der Waals surface area contributed by atoms with Gasteiger partial charge in [0.05, 0.1) is 5.56 Å². The summed E-state index contributed by atoms with van der Waals surface area (Å²) in [7, 11) is 0. The molecule has 122 valence electrons. The van der Waals surface area contributed by atoms with Gasteiger partial charge in [-0.2, -0.15) is 0 Å². The van der Waals surface area contributed by atoms with E-state index >= 15 is 0 Å². The Kier molecular flexibility index (Phi) is 5.09. The molecule has 2 aromatic rings. The number of aryl methyl sites for hydroxylation is 2. The van der Waals surface area contributed by atoms with Crippen LogP contribution in [0.5, 0.6) is 0 Å². The fourth-order valence-electron chi connectivity index (χ4n) is 2.25. The third kappa shape index (κ3) is 4.32. The first-order valence-corrected chi connectivity index (χ1v) is 8.14. The van der Waals surface area contributed by atoms with Crippen LogP contribution in [0.3, 0.4) is 0 Å². The van der Waals surface area contributed by atoms with Crippen molar-refractivity contribution in [3.05, 3.63) is 41.2 Å². The largest absolute Gasteiger partial charge is 0.347 e. The predicted octanol–water partition coefficient (Wildman–Crippen LogP) is 3.83. The molecule has 0 bridgehead atoms. The Bertz CT molecular complexity index is 736. The van der Waals surface area contributed by atoms with Crippen molar-refractivity contribution in [2.24, 2.45) is 0 Å². The SMILES string of the molecule is CCc1cnc(-c2ccc(C(=O)NC(C)(C)C)c(S)c2)nc1C. The van der Waals surface area contributed by atoms with E-state index in [4.69, 9.17) is 0 Å². The number of aromatic nitrogens is 2. The van der Waals surface area contributed by atoms with Gasteiger partial charge in [0.1, 0.15) is 0 Å². The zero-order chi connectivity index (χ0) is 17.2. The number of hydrogen-bond acceptors (Lipinski definition) is 4. The van der Waals surface area contributed by atoms with Crippen LogP contribution >= 0.6 is 12.6 Å². The van der Waals surface area contributed by atoms with Gasteiger partial charge >= 0.3 is 0 Å². The van der Waals surface area contributed by atoms with Crippen LogP contribution < -0.4 is 5.32 Å². The maximum Gasteiger partial charge on any atom is 0.252 e. The Balaban J connectivity index is 2.32. The van der Waals surface area contributed by atoms with Crippen molar-refractivity contribution in [3.63, 3.8) is 0 Å². The molecule has 0 unspecified atom stereocenters. The van der Waals surface area contributed by atoms with Crippen molar-refractivity contribution in [1.82, 2.24) is 15.3 Å². The van der Waals surface area contributed by atoms with Gasteiger partial charge in [-0.3, -0.25) is 4.79 Å². The lowest BCUT2D eigenvalue weighted by molar-refractivity contribution is 0.0916. The molecule has 0 atom stereocenters. The van der Waals surface area contributed by atoms with Crippen LogP contribution in [0.1, 0.15) is 49.3 Å². The number of amides is 1. The summed E-state index contributed by atoms with van der Waals surface area (Å²) in [6, 6.07) is 5.46. The van der Waals surface area contributed by atoms with E-state index < -0.39 is 0 Å². The molecule has 0 saturated carbocycles. The predicted molar refractivity (Wildman–Crippen MR) is 96.1 cm³/mol. The Morgan fingerprint density at radius 3 is 2.52 bits per heavy atom. The van der Waals surface area contributed by atoms with Crippen molar-refractivity contribution in [1.29, 1.82) is 0 Å². The highest BCUT2D eigenvalue weighted by Gasteiger charge is 2.17. The fraction of sp³-hybridized carbons (Fsp3) is 0.389. The van der Waals surface area contributed by atoms with Crippen LogP contribution in [0.15, 0.2) is 29.3 Å². The summed E-state index contributed by atoms with van der Waals surface area (Å²) in [4.78, 5) is 21.8. The number of thiol groups is 1. The summed E-state index contributed by atoms with van der Waals surface area (Å²) in [5, 5.41) is 2.94. The van der Waals surface area contributed by atoms with Gasteiger partial charge in [0.15, 0.2) is 5.82 Å². The average molecular weight is 329 g/mol. The van der Waals surface area contributed by atoms with Crippen molar-refractivity contribution in [2.45, 2.75) is 51.5 Å². The summed E-state index contributed by atoms with van der Waals surface area (Å²) in [5.41, 5.74) is 3.24. The maximum atomic E-state index is 12.3. The average Bonchev–Trinajstić information content (AvgIpc) is 2.45. The molecule has 2 rings (SSSR count). The molecule has 0 aliphatic heterocycles. The van der Waals surface area contributed by atoms with Crippen molar-refractivity contribution in [3.8, 4) is 11.4 Å². The van der Waals surface area contributed by atoms with Gasteiger partial charge in [-0.15, -0.1) is 12.6 Å². The molecule has 23 heavy (non-hydrogen) atoms. The summed E-state index contributed by atoms with van der Waals surface area (Å²) >= 11 is 4.46. The second-order valence-electron chi connectivity index (χ2n) is 6.59. The highest BCUT2D eigenvalue weighted by molar-refractivity contribution is 7.80. The van der Waals surface area contributed by atoms with E-state index in [-0.39, 0.29) is 11.4 Å². The van der Waals surface area contributed by atoms with Crippen molar-refractivity contribution >= 4 is 18.5 Å². The number of carbonyl (C=O) groups excluding carboxylic acids is 1. The Hall–Kier alpha value is -1.88. The lowest BCUT2D eigenvalue weighted by atomic mass is 10.1. The molecule has 1 aromatic carbocycles. The minimum Gasteiger partial charge on any atom is -0.347 e. The summed E-state index contributed by atoms with van der Waals surface area (Å²) in [6.07, 6.45) is 2.77. The molecule has 4 nitrogen and oxygen atoms in total. The van der Waals surface area contributed by atoms with Gasteiger partial charge in [0.25, 0.3) is 5.91 Å². The maximum absolute atomic E-state index is 12.3. The molecule has 5 heteroatoms. The minimum atomic E-state index is -0.286. The molecular formula is C18H23N3OS. The van der Waals surface area contributed by atoms with Gasteiger partial charge < -0.3 is 5.32 Å². The number of hydrogen-bond donors (Lipinski definition) is 2. The molecular weight excluding hydrogens is 306 g/mol. The van der Waals surface area contributed by atoms with E-state index in [0.29, 0.717) is 16.3 Å². The number of rotatable bonds is 3. The standard InChI is InChI=1S/C18H23N3OS/c1-6-12-10-19-16(20-11(12)2)13-7-8-14(15(23)9-13)17(22)21-18(3,4)5/h7-10,23H,6H2,1-5H3,(H,21,22). The van der Waals surface area contributed by atoms with Crippen LogP contribution in [0.2, 0.25) is 0 Å². The molecule has 0 aliphatic carbocycles. The highest BCUT2D eigenvalue weighted by atomic mass is 32.1. The summed E-state index contributed by atoms with van der Waals surface area (Å²) in [6.45, 7) is 9.91. The first-order valence-electron chi connectivity index (χ1n) is 7.69. The van der Waals surface area contributed by atoms with E-state index in [1.807, 2.05) is 46.0 Å². The lowest BCUT2D eigenvalue weighted by Gasteiger charge is -2.21. The number of nitrogens with one attached hydrogen (secondary N) is 1. The second-order valence-corrected chi connectivity index (χ2v) is 7.08. The van der Waals surface area contributed by atoms with Crippen LogP contribution in [0.4, 0.5) is 0 Å². The summed E-state index contributed by atoms with van der Waals surface area (Å²) < 4.78 is 0. The molecule has 1 heterocycles. The van der Waals surface area contributed by atoms with Gasteiger partial charge in [0, 0.05) is 27.9 Å². The zero-order valence-corrected chi connectivity index (χ0v) is 15.2. The van der Waals surface area contributed by atoms with Gasteiger partial charge in [-0.05, 0) is 51.8 Å². The molecule has 0 aliphatic rings. The highest BCUT2D eigenvalue weighted by Crippen LogP contribution is 2.23. The fourth-order valence-corrected chi connectivity index (χ4v) is 2.56. The Morgan fingerprint density at radius 2 is 2.00 bits per heavy atom. The van der Waals surface area contributed by atoms with Crippen LogP contribution in [0.25, 0.3) is 11.4 Å². The molecule has 0 radical (unpaired) electrons.